The molecular weight excluding hydrogens is 516 g/mol. The number of hydrogen-bond donors (Lipinski definition) is 2. The van der Waals surface area contributed by atoms with Crippen molar-refractivity contribution in [2.45, 2.75) is 70.2 Å². The molecule has 0 bridgehead atoms. The maximum absolute atomic E-state index is 13.2. The van der Waals surface area contributed by atoms with Gasteiger partial charge in [0.1, 0.15) is 5.60 Å². The molecule has 2 atom stereocenters. The van der Waals surface area contributed by atoms with Gasteiger partial charge in [-0.1, -0.05) is 30.3 Å². The lowest BCUT2D eigenvalue weighted by molar-refractivity contribution is -0.143. The molecule has 1 aliphatic heterocycles. The fourth-order valence-corrected chi connectivity index (χ4v) is 4.30. The summed E-state index contributed by atoms with van der Waals surface area (Å²) in [4.78, 5) is 27.1. The van der Waals surface area contributed by atoms with Crippen LogP contribution in [0.1, 0.15) is 61.9 Å². The number of rotatable bonds is 4. The van der Waals surface area contributed by atoms with Crippen LogP contribution in [-0.4, -0.2) is 35.2 Å². The van der Waals surface area contributed by atoms with E-state index in [-0.39, 0.29) is 18.2 Å². The van der Waals surface area contributed by atoms with Crippen LogP contribution in [0.5, 0.6) is 0 Å². The van der Waals surface area contributed by atoms with Crippen molar-refractivity contribution in [2.24, 2.45) is 0 Å². The second-order valence-corrected chi connectivity index (χ2v) is 10.0. The van der Waals surface area contributed by atoms with Crippen LogP contribution in [0.4, 0.5) is 35.9 Å². The fraction of sp³-hybridized carbons (Fsp3) is 0.462. The molecule has 0 saturated carbocycles. The molecule has 208 valence electrons. The first-order valence-electron chi connectivity index (χ1n) is 11.9. The third kappa shape index (κ3) is 7.78. The van der Waals surface area contributed by atoms with E-state index in [1.165, 1.54) is 4.90 Å². The average Bonchev–Trinajstić information content (AvgIpc) is 2.80. The predicted molar refractivity (Wildman–Crippen MR) is 127 cm³/mol. The van der Waals surface area contributed by atoms with Crippen LogP contribution in [0.25, 0.3) is 0 Å². The summed E-state index contributed by atoms with van der Waals surface area (Å²) in [6, 6.07) is 8.12. The third-order valence-electron chi connectivity index (χ3n) is 5.83. The molecule has 0 aliphatic carbocycles. The van der Waals surface area contributed by atoms with Gasteiger partial charge in [0.05, 0.1) is 23.2 Å². The normalized spacial score (nSPS) is 18.6. The monoisotopic (exact) mass is 545 g/mol. The Morgan fingerprint density at radius 1 is 0.947 bits per heavy atom. The Kier molecular flexibility index (Phi) is 8.52. The number of alkyl carbamates (subject to hydrolysis) is 1. The van der Waals surface area contributed by atoms with Crippen molar-refractivity contribution in [3.63, 3.8) is 0 Å². The molecule has 38 heavy (non-hydrogen) atoms. The number of amides is 3. The standard InChI is InChI=1S/C26H29F6N3O3/c1-24(2,3)38-23(37)34-20-10-7-11-35(21(20)17-8-5-4-6-9-17)22(36)33-15-16-12-18(25(27,28)29)14-19(13-16)26(30,31)32/h4-6,8-9,12-14,20-21H,7,10-11,15H2,1-3H3,(H,33,36)(H,34,37)/t20-,21-/m0/s1. The minimum Gasteiger partial charge on any atom is -0.444 e. The number of benzene rings is 2. The molecule has 2 N–H and O–H groups in total. The topological polar surface area (TPSA) is 70.7 Å². The number of nitrogens with zero attached hydrogens (tertiary/aromatic N) is 1. The molecule has 0 aromatic heterocycles. The number of likely N-dealkylation sites (tertiary alicyclic amines) is 1. The van der Waals surface area contributed by atoms with Crippen molar-refractivity contribution in [2.75, 3.05) is 6.54 Å². The Morgan fingerprint density at radius 2 is 1.53 bits per heavy atom. The molecule has 1 heterocycles. The van der Waals surface area contributed by atoms with E-state index in [9.17, 15) is 35.9 Å². The summed E-state index contributed by atoms with van der Waals surface area (Å²) in [7, 11) is 0. The number of nitrogens with one attached hydrogen (secondary N) is 2. The Balaban J connectivity index is 1.84. The number of urea groups is 1. The zero-order valence-electron chi connectivity index (χ0n) is 21.0. The summed E-state index contributed by atoms with van der Waals surface area (Å²) in [6.07, 6.45) is -9.64. The van der Waals surface area contributed by atoms with Crippen molar-refractivity contribution >= 4 is 12.1 Å². The predicted octanol–water partition coefficient (Wildman–Crippen LogP) is 6.66. The molecule has 2 aromatic rings. The lowest BCUT2D eigenvalue weighted by Gasteiger charge is -2.42. The van der Waals surface area contributed by atoms with Crippen LogP contribution in [0, 0.1) is 0 Å². The van der Waals surface area contributed by atoms with Gasteiger partial charge in [0.2, 0.25) is 0 Å². The number of carbonyl (C=O) groups excluding carboxylic acids is 2. The minimum absolute atomic E-state index is 0.0360. The molecule has 2 aromatic carbocycles. The maximum Gasteiger partial charge on any atom is 0.416 e. The van der Waals surface area contributed by atoms with E-state index in [0.717, 1.165) is 0 Å². The Labute approximate surface area is 216 Å². The molecular formula is C26H29F6N3O3. The summed E-state index contributed by atoms with van der Waals surface area (Å²) in [6.45, 7) is 4.82. The van der Waals surface area contributed by atoms with E-state index in [1.807, 2.05) is 0 Å². The third-order valence-corrected chi connectivity index (χ3v) is 5.83. The van der Waals surface area contributed by atoms with Crippen LogP contribution in [0.2, 0.25) is 0 Å². The largest absolute Gasteiger partial charge is 0.444 e. The van der Waals surface area contributed by atoms with Gasteiger partial charge in [-0.15, -0.1) is 0 Å². The molecule has 3 amide bonds. The van der Waals surface area contributed by atoms with E-state index in [1.54, 1.807) is 51.1 Å². The Morgan fingerprint density at radius 3 is 2.05 bits per heavy atom. The van der Waals surface area contributed by atoms with Crippen molar-refractivity contribution in [3.8, 4) is 0 Å². The second kappa shape index (κ2) is 11.1. The van der Waals surface area contributed by atoms with Crippen LogP contribution in [0.15, 0.2) is 48.5 Å². The van der Waals surface area contributed by atoms with Crippen molar-refractivity contribution in [1.82, 2.24) is 15.5 Å². The average molecular weight is 546 g/mol. The molecule has 1 saturated heterocycles. The lowest BCUT2D eigenvalue weighted by atomic mass is 9.90. The number of halogens is 6. The van der Waals surface area contributed by atoms with Crippen LogP contribution in [0.3, 0.4) is 0 Å². The minimum atomic E-state index is -4.99. The van der Waals surface area contributed by atoms with Crippen molar-refractivity contribution in [3.05, 3.63) is 70.8 Å². The summed E-state index contributed by atoms with van der Waals surface area (Å²) >= 11 is 0. The highest BCUT2D eigenvalue weighted by Gasteiger charge is 2.38. The molecule has 0 spiro atoms. The quantitative estimate of drug-likeness (QED) is 0.422. The first-order chi connectivity index (χ1) is 17.5. The fourth-order valence-electron chi connectivity index (χ4n) is 4.30. The molecule has 0 unspecified atom stereocenters. The van der Waals surface area contributed by atoms with Gasteiger partial charge in [-0.3, -0.25) is 0 Å². The number of carbonyl (C=O) groups is 2. The molecule has 12 heteroatoms. The van der Waals surface area contributed by atoms with Crippen LogP contribution < -0.4 is 10.6 Å². The highest BCUT2D eigenvalue weighted by molar-refractivity contribution is 5.75. The summed E-state index contributed by atoms with van der Waals surface area (Å²) in [5.41, 5.74) is -3.33. The zero-order chi connectivity index (χ0) is 28.3. The number of hydrogen-bond acceptors (Lipinski definition) is 3. The maximum atomic E-state index is 13.2. The van der Waals surface area contributed by atoms with Gasteiger partial charge < -0.3 is 20.3 Å². The smallest absolute Gasteiger partial charge is 0.416 e. The molecule has 6 nitrogen and oxygen atoms in total. The van der Waals surface area contributed by atoms with E-state index in [4.69, 9.17) is 4.74 Å². The second-order valence-electron chi connectivity index (χ2n) is 10.0. The number of piperidine rings is 1. The van der Waals surface area contributed by atoms with Gasteiger partial charge in [-0.25, -0.2) is 9.59 Å². The molecule has 0 radical (unpaired) electrons. The SMILES string of the molecule is CC(C)(C)OC(=O)N[C@H]1CCCN(C(=O)NCc2cc(C(F)(F)F)cc(C(F)(F)F)c2)[C@H]1c1ccccc1. The van der Waals surface area contributed by atoms with E-state index >= 15 is 0 Å². The molecule has 3 rings (SSSR count). The summed E-state index contributed by atoms with van der Waals surface area (Å²) in [5.74, 6) is 0. The van der Waals surface area contributed by atoms with Crippen molar-refractivity contribution < 1.29 is 40.7 Å². The lowest BCUT2D eigenvalue weighted by Crippen LogP contribution is -2.54. The first kappa shape index (κ1) is 29.1. The van der Waals surface area contributed by atoms with E-state index in [0.29, 0.717) is 30.5 Å². The highest BCUT2D eigenvalue weighted by Crippen LogP contribution is 2.36. The number of ether oxygens (including phenoxy) is 1. The first-order valence-corrected chi connectivity index (χ1v) is 11.9. The van der Waals surface area contributed by atoms with Gasteiger partial charge in [0, 0.05) is 13.1 Å². The van der Waals surface area contributed by atoms with Gasteiger partial charge in [0.15, 0.2) is 0 Å². The molecule has 1 aliphatic rings. The van der Waals surface area contributed by atoms with Crippen molar-refractivity contribution in [1.29, 1.82) is 0 Å². The Bertz CT molecular complexity index is 1100. The molecule has 1 fully saturated rings. The van der Waals surface area contributed by atoms with Gasteiger partial charge in [0.25, 0.3) is 0 Å². The van der Waals surface area contributed by atoms with E-state index in [2.05, 4.69) is 10.6 Å². The highest BCUT2D eigenvalue weighted by atomic mass is 19.4. The number of alkyl halides is 6. The van der Waals surface area contributed by atoms with Gasteiger partial charge >= 0.3 is 24.5 Å². The van der Waals surface area contributed by atoms with Gasteiger partial charge in [-0.05, 0) is 62.9 Å². The van der Waals surface area contributed by atoms with Crippen LogP contribution >= 0.6 is 0 Å². The van der Waals surface area contributed by atoms with E-state index < -0.39 is 59.8 Å². The zero-order valence-corrected chi connectivity index (χ0v) is 21.0. The summed E-state index contributed by atoms with van der Waals surface area (Å²) < 4.78 is 84.6. The summed E-state index contributed by atoms with van der Waals surface area (Å²) in [5, 5.41) is 5.24. The van der Waals surface area contributed by atoms with Crippen LogP contribution in [-0.2, 0) is 23.6 Å². The Hall–Kier alpha value is -3.44. The van der Waals surface area contributed by atoms with Gasteiger partial charge in [-0.2, -0.15) is 26.3 Å².